The first-order valence-electron chi connectivity index (χ1n) is 6.23. The van der Waals surface area contributed by atoms with E-state index in [1.807, 2.05) is 0 Å². The van der Waals surface area contributed by atoms with Crippen molar-refractivity contribution in [3.8, 4) is 0 Å². The van der Waals surface area contributed by atoms with Gasteiger partial charge >= 0.3 is 0 Å². The van der Waals surface area contributed by atoms with E-state index in [9.17, 15) is 9.59 Å². The highest BCUT2D eigenvalue weighted by atomic mass is 16.5. The van der Waals surface area contributed by atoms with Crippen LogP contribution in [0, 0.1) is 0 Å². The minimum absolute atomic E-state index is 0.179. The van der Waals surface area contributed by atoms with E-state index in [2.05, 4.69) is 15.6 Å². The maximum atomic E-state index is 11.8. The maximum absolute atomic E-state index is 11.8. The second-order valence-electron chi connectivity index (χ2n) is 4.46. The molecule has 6 nitrogen and oxygen atoms in total. The van der Waals surface area contributed by atoms with Crippen molar-refractivity contribution < 1.29 is 14.3 Å². The van der Waals surface area contributed by atoms with Crippen molar-refractivity contribution in [1.29, 1.82) is 0 Å². The first kappa shape index (κ1) is 13.5. The molecule has 2 amide bonds. The maximum Gasteiger partial charge on any atom is 0.253 e. The van der Waals surface area contributed by atoms with E-state index < -0.39 is 0 Å². The summed E-state index contributed by atoms with van der Waals surface area (Å²) >= 11 is 0. The number of hydrogen-bond donors (Lipinski definition) is 2. The normalized spacial score (nSPS) is 13.9. The molecule has 0 aromatic carbocycles. The van der Waals surface area contributed by atoms with Crippen LogP contribution >= 0.6 is 0 Å². The molecule has 1 aliphatic carbocycles. The van der Waals surface area contributed by atoms with E-state index in [1.54, 1.807) is 13.2 Å². The summed E-state index contributed by atoms with van der Waals surface area (Å²) in [6, 6.07) is 1.83. The first-order chi connectivity index (χ1) is 9.20. The van der Waals surface area contributed by atoms with E-state index in [-0.39, 0.29) is 17.9 Å². The quantitative estimate of drug-likeness (QED) is 0.726. The summed E-state index contributed by atoms with van der Waals surface area (Å²) in [5, 5.41) is 5.54. The number of methoxy groups -OCH3 is 1. The van der Waals surface area contributed by atoms with Gasteiger partial charge in [-0.3, -0.25) is 14.6 Å². The second kappa shape index (κ2) is 6.29. The van der Waals surface area contributed by atoms with Crippen molar-refractivity contribution in [2.24, 2.45) is 0 Å². The largest absolute Gasteiger partial charge is 0.383 e. The lowest BCUT2D eigenvalue weighted by atomic mass is 10.2. The zero-order chi connectivity index (χ0) is 13.7. The Morgan fingerprint density at radius 3 is 2.63 bits per heavy atom. The Labute approximate surface area is 111 Å². The lowest BCUT2D eigenvalue weighted by Gasteiger charge is -2.06. The lowest BCUT2D eigenvalue weighted by Crippen LogP contribution is -2.28. The molecule has 102 valence electrons. The van der Waals surface area contributed by atoms with Gasteiger partial charge in [0.1, 0.15) is 0 Å². The van der Waals surface area contributed by atoms with Crippen LogP contribution in [0.3, 0.4) is 0 Å². The van der Waals surface area contributed by atoms with Crippen LogP contribution in [0.15, 0.2) is 18.5 Å². The third kappa shape index (κ3) is 4.03. The van der Waals surface area contributed by atoms with Gasteiger partial charge in [0.25, 0.3) is 11.8 Å². The zero-order valence-corrected chi connectivity index (χ0v) is 10.8. The molecule has 1 fully saturated rings. The average molecular weight is 263 g/mol. The van der Waals surface area contributed by atoms with Crippen LogP contribution in [0.4, 0.5) is 0 Å². The van der Waals surface area contributed by atoms with Crippen molar-refractivity contribution in [3.63, 3.8) is 0 Å². The van der Waals surface area contributed by atoms with Gasteiger partial charge in [-0.1, -0.05) is 0 Å². The van der Waals surface area contributed by atoms with Gasteiger partial charge in [0.15, 0.2) is 0 Å². The van der Waals surface area contributed by atoms with E-state index in [0.717, 1.165) is 12.8 Å². The van der Waals surface area contributed by atoms with Crippen molar-refractivity contribution >= 4 is 11.8 Å². The number of aromatic nitrogens is 1. The number of nitrogens with zero attached hydrogens (tertiary/aromatic N) is 1. The topological polar surface area (TPSA) is 80.3 Å². The van der Waals surface area contributed by atoms with Gasteiger partial charge in [-0.2, -0.15) is 0 Å². The molecule has 19 heavy (non-hydrogen) atoms. The molecule has 1 saturated carbocycles. The Hall–Kier alpha value is -1.95. The van der Waals surface area contributed by atoms with Gasteiger partial charge < -0.3 is 15.4 Å². The summed E-state index contributed by atoms with van der Waals surface area (Å²) in [5.74, 6) is -0.438. The number of amides is 2. The number of nitrogens with one attached hydrogen (secondary N) is 2. The number of carbonyl (C=O) groups excluding carboxylic acids is 2. The number of hydrogen-bond acceptors (Lipinski definition) is 4. The fraction of sp³-hybridized carbons (Fsp3) is 0.462. The molecule has 1 aromatic heterocycles. The van der Waals surface area contributed by atoms with Crippen LogP contribution < -0.4 is 10.6 Å². The molecule has 0 spiro atoms. The Bertz CT molecular complexity index is 472. The zero-order valence-electron chi connectivity index (χ0n) is 10.8. The predicted molar refractivity (Wildman–Crippen MR) is 68.9 cm³/mol. The molecular weight excluding hydrogens is 246 g/mol. The fourth-order valence-corrected chi connectivity index (χ4v) is 1.55. The second-order valence-corrected chi connectivity index (χ2v) is 4.46. The van der Waals surface area contributed by atoms with Gasteiger partial charge in [-0.15, -0.1) is 0 Å². The van der Waals surface area contributed by atoms with E-state index in [1.165, 1.54) is 12.4 Å². The molecule has 6 heteroatoms. The third-order valence-electron chi connectivity index (χ3n) is 2.77. The summed E-state index contributed by atoms with van der Waals surface area (Å²) in [5.41, 5.74) is 0.783. The molecule has 0 saturated heterocycles. The molecule has 0 aliphatic heterocycles. The highest BCUT2D eigenvalue weighted by Gasteiger charge is 2.24. The minimum Gasteiger partial charge on any atom is -0.383 e. The predicted octanol–water partition coefficient (Wildman–Crippen LogP) is 0.350. The molecule has 1 aliphatic rings. The molecule has 1 heterocycles. The molecule has 2 N–H and O–H groups in total. The highest BCUT2D eigenvalue weighted by molar-refractivity contribution is 5.99. The summed E-state index contributed by atoms with van der Waals surface area (Å²) in [6.07, 6.45) is 4.95. The summed E-state index contributed by atoms with van der Waals surface area (Å²) < 4.78 is 4.85. The number of pyridine rings is 1. The number of ether oxygens (including phenoxy) is 1. The molecule has 0 bridgehead atoms. The average Bonchev–Trinajstić information content (AvgIpc) is 3.23. The van der Waals surface area contributed by atoms with Crippen LogP contribution in [0.25, 0.3) is 0 Å². The van der Waals surface area contributed by atoms with Crippen molar-refractivity contribution in [3.05, 3.63) is 29.6 Å². The first-order valence-corrected chi connectivity index (χ1v) is 6.23. The van der Waals surface area contributed by atoms with Gasteiger partial charge in [0, 0.05) is 32.1 Å². The van der Waals surface area contributed by atoms with E-state index in [0.29, 0.717) is 24.3 Å². The summed E-state index contributed by atoms with van der Waals surface area (Å²) in [7, 11) is 1.57. The molecule has 0 atom stereocenters. The fourth-order valence-electron chi connectivity index (χ4n) is 1.55. The molecule has 2 rings (SSSR count). The minimum atomic E-state index is -0.259. The highest BCUT2D eigenvalue weighted by Crippen LogP contribution is 2.19. The van der Waals surface area contributed by atoms with E-state index >= 15 is 0 Å². The molecule has 0 radical (unpaired) electrons. The third-order valence-corrected chi connectivity index (χ3v) is 2.77. The van der Waals surface area contributed by atoms with Crippen LogP contribution in [-0.4, -0.2) is 43.1 Å². The monoisotopic (exact) mass is 263 g/mol. The van der Waals surface area contributed by atoms with Crippen LogP contribution in [0.1, 0.15) is 33.6 Å². The van der Waals surface area contributed by atoms with Crippen LogP contribution in [-0.2, 0) is 4.74 Å². The van der Waals surface area contributed by atoms with Crippen LogP contribution in [0.2, 0.25) is 0 Å². The van der Waals surface area contributed by atoms with Crippen molar-refractivity contribution in [2.75, 3.05) is 20.3 Å². The molecular formula is C13H17N3O3. The van der Waals surface area contributed by atoms with E-state index in [4.69, 9.17) is 4.74 Å². The van der Waals surface area contributed by atoms with Gasteiger partial charge in [0.05, 0.1) is 17.7 Å². The Morgan fingerprint density at radius 2 is 2.00 bits per heavy atom. The summed E-state index contributed by atoms with van der Waals surface area (Å²) in [6.45, 7) is 0.870. The number of rotatable bonds is 6. The Morgan fingerprint density at radius 1 is 1.32 bits per heavy atom. The molecule has 0 unspecified atom stereocenters. The van der Waals surface area contributed by atoms with Gasteiger partial charge in [0.2, 0.25) is 0 Å². The molecule has 1 aromatic rings. The standard InChI is InChI=1S/C13H17N3O3/c1-19-5-4-15-12(17)9-6-10(8-14-7-9)13(18)16-11-2-3-11/h6-8,11H,2-5H2,1H3,(H,15,17)(H,16,18). The van der Waals surface area contributed by atoms with Gasteiger partial charge in [-0.25, -0.2) is 0 Å². The van der Waals surface area contributed by atoms with Crippen molar-refractivity contribution in [1.82, 2.24) is 15.6 Å². The SMILES string of the molecule is COCCNC(=O)c1cncc(C(=O)NC2CC2)c1. The van der Waals surface area contributed by atoms with Gasteiger partial charge in [-0.05, 0) is 18.9 Å². The van der Waals surface area contributed by atoms with Crippen LogP contribution in [0.5, 0.6) is 0 Å². The smallest absolute Gasteiger partial charge is 0.253 e. The number of carbonyl (C=O) groups is 2. The summed E-state index contributed by atoms with van der Waals surface area (Å²) in [4.78, 5) is 27.5. The Balaban J connectivity index is 1.97. The lowest BCUT2D eigenvalue weighted by molar-refractivity contribution is 0.0936. The van der Waals surface area contributed by atoms with Crippen molar-refractivity contribution in [2.45, 2.75) is 18.9 Å². The Kier molecular flexibility index (Phi) is 4.46.